The minimum absolute atomic E-state index is 0.479. The molecule has 0 aliphatic rings. The third kappa shape index (κ3) is 4.56. The van der Waals surface area contributed by atoms with Gasteiger partial charge in [-0.15, -0.1) is 0 Å². The van der Waals surface area contributed by atoms with E-state index >= 15 is 0 Å². The summed E-state index contributed by atoms with van der Waals surface area (Å²) in [6.45, 7) is 3.01. The van der Waals surface area contributed by atoms with Crippen molar-refractivity contribution in [2.75, 3.05) is 25.6 Å². The molecule has 8 heteroatoms. The zero-order valence-electron chi connectivity index (χ0n) is 18.4. The topological polar surface area (TPSA) is 82.8 Å². The van der Waals surface area contributed by atoms with E-state index in [-0.39, 0.29) is 0 Å². The SMILES string of the molecule is COCCOc1ccc2ncnc(Nc3ccc(Oc4ccc5ccnn5c4)c(C)c3)c2c1. The number of aryl methyl sites for hydroxylation is 1. The van der Waals surface area contributed by atoms with Crippen molar-refractivity contribution in [1.82, 2.24) is 19.6 Å². The van der Waals surface area contributed by atoms with Gasteiger partial charge in [0.1, 0.15) is 36.0 Å². The first kappa shape index (κ1) is 20.7. The summed E-state index contributed by atoms with van der Waals surface area (Å²) in [6, 6.07) is 17.5. The number of methoxy groups -OCH3 is 1. The van der Waals surface area contributed by atoms with Gasteiger partial charge in [-0.2, -0.15) is 5.10 Å². The molecular weight excluding hydrogens is 418 g/mol. The van der Waals surface area contributed by atoms with Gasteiger partial charge in [-0.05, 0) is 67.1 Å². The van der Waals surface area contributed by atoms with Gasteiger partial charge in [-0.1, -0.05) is 0 Å². The normalized spacial score (nSPS) is 11.1. The molecule has 0 atom stereocenters. The fourth-order valence-corrected chi connectivity index (χ4v) is 3.53. The predicted octanol–water partition coefficient (Wildman–Crippen LogP) is 5.15. The molecule has 5 rings (SSSR count). The summed E-state index contributed by atoms with van der Waals surface area (Å²) >= 11 is 0. The van der Waals surface area contributed by atoms with Crippen molar-refractivity contribution < 1.29 is 14.2 Å². The highest BCUT2D eigenvalue weighted by Gasteiger charge is 2.09. The lowest BCUT2D eigenvalue weighted by molar-refractivity contribution is 0.146. The quantitative estimate of drug-likeness (QED) is 0.334. The molecule has 0 amide bonds. The minimum atomic E-state index is 0.479. The maximum atomic E-state index is 6.08. The van der Waals surface area contributed by atoms with Crippen LogP contribution in [0.1, 0.15) is 5.56 Å². The van der Waals surface area contributed by atoms with Gasteiger partial charge in [0.15, 0.2) is 0 Å². The molecule has 0 bridgehead atoms. The Morgan fingerprint density at radius 3 is 2.73 bits per heavy atom. The molecule has 0 aliphatic carbocycles. The lowest BCUT2D eigenvalue weighted by Gasteiger charge is -2.13. The van der Waals surface area contributed by atoms with Crippen molar-refractivity contribution >= 4 is 27.9 Å². The molecule has 5 aromatic rings. The van der Waals surface area contributed by atoms with Crippen LogP contribution in [0, 0.1) is 6.92 Å². The van der Waals surface area contributed by atoms with Crippen molar-refractivity contribution in [3.05, 3.63) is 78.9 Å². The van der Waals surface area contributed by atoms with Crippen molar-refractivity contribution in [2.24, 2.45) is 0 Å². The summed E-state index contributed by atoms with van der Waals surface area (Å²) in [5.74, 6) is 2.94. The number of hydrogen-bond donors (Lipinski definition) is 1. The molecule has 0 fully saturated rings. The highest BCUT2D eigenvalue weighted by Crippen LogP contribution is 2.31. The number of benzene rings is 2. The number of pyridine rings is 1. The number of anilines is 2. The first-order chi connectivity index (χ1) is 16.2. The lowest BCUT2D eigenvalue weighted by atomic mass is 10.2. The monoisotopic (exact) mass is 441 g/mol. The Morgan fingerprint density at radius 1 is 0.939 bits per heavy atom. The second kappa shape index (κ2) is 9.13. The van der Waals surface area contributed by atoms with Crippen molar-refractivity contribution in [3.8, 4) is 17.2 Å². The summed E-state index contributed by atoms with van der Waals surface area (Å²) < 4.78 is 18.7. The minimum Gasteiger partial charge on any atom is -0.491 e. The molecule has 1 N–H and O–H groups in total. The van der Waals surface area contributed by atoms with Gasteiger partial charge >= 0.3 is 0 Å². The molecule has 0 saturated heterocycles. The second-order valence-corrected chi connectivity index (χ2v) is 7.52. The van der Waals surface area contributed by atoms with E-state index < -0.39 is 0 Å². The van der Waals surface area contributed by atoms with E-state index in [1.165, 1.54) is 0 Å². The fraction of sp³-hybridized carbons (Fsp3) is 0.160. The van der Waals surface area contributed by atoms with Gasteiger partial charge in [-0.25, -0.2) is 14.5 Å². The maximum absolute atomic E-state index is 6.08. The van der Waals surface area contributed by atoms with Gasteiger partial charge < -0.3 is 19.5 Å². The predicted molar refractivity (Wildman–Crippen MR) is 127 cm³/mol. The van der Waals surface area contributed by atoms with E-state index in [9.17, 15) is 0 Å². The van der Waals surface area contributed by atoms with Gasteiger partial charge in [-0.3, -0.25) is 0 Å². The number of nitrogens with zero attached hydrogens (tertiary/aromatic N) is 4. The molecule has 0 unspecified atom stereocenters. The Labute approximate surface area is 190 Å². The first-order valence-corrected chi connectivity index (χ1v) is 10.5. The van der Waals surface area contributed by atoms with Crippen LogP contribution in [-0.2, 0) is 4.74 Å². The van der Waals surface area contributed by atoms with E-state index in [2.05, 4.69) is 20.4 Å². The van der Waals surface area contributed by atoms with Gasteiger partial charge in [0.2, 0.25) is 0 Å². The zero-order valence-corrected chi connectivity index (χ0v) is 18.4. The third-order valence-corrected chi connectivity index (χ3v) is 5.20. The van der Waals surface area contributed by atoms with Crippen molar-refractivity contribution in [2.45, 2.75) is 6.92 Å². The van der Waals surface area contributed by atoms with Crippen LogP contribution in [0.2, 0.25) is 0 Å². The van der Waals surface area contributed by atoms with E-state index in [1.54, 1.807) is 24.1 Å². The smallest absolute Gasteiger partial charge is 0.145 e. The van der Waals surface area contributed by atoms with Crippen LogP contribution in [-0.4, -0.2) is 39.9 Å². The Kier molecular flexibility index (Phi) is 5.73. The molecule has 8 nitrogen and oxygen atoms in total. The van der Waals surface area contributed by atoms with E-state index in [1.807, 2.05) is 67.7 Å². The first-order valence-electron chi connectivity index (χ1n) is 10.5. The van der Waals surface area contributed by atoms with E-state index in [4.69, 9.17) is 14.2 Å². The zero-order chi connectivity index (χ0) is 22.6. The summed E-state index contributed by atoms with van der Waals surface area (Å²) in [7, 11) is 1.65. The molecule has 166 valence electrons. The van der Waals surface area contributed by atoms with Gasteiger partial charge in [0, 0.05) is 24.4 Å². The third-order valence-electron chi connectivity index (χ3n) is 5.20. The molecule has 0 saturated carbocycles. The van der Waals surface area contributed by atoms with Crippen LogP contribution in [0.4, 0.5) is 11.5 Å². The van der Waals surface area contributed by atoms with Crippen LogP contribution in [0.5, 0.6) is 17.2 Å². The second-order valence-electron chi connectivity index (χ2n) is 7.52. The fourth-order valence-electron chi connectivity index (χ4n) is 3.53. The van der Waals surface area contributed by atoms with E-state index in [0.29, 0.717) is 19.0 Å². The molecule has 0 radical (unpaired) electrons. The molecular formula is C25H23N5O3. The Hall–Kier alpha value is -4.17. The molecule has 0 spiro atoms. The van der Waals surface area contributed by atoms with Crippen LogP contribution < -0.4 is 14.8 Å². The average molecular weight is 441 g/mol. The average Bonchev–Trinajstić information content (AvgIpc) is 3.29. The molecule has 3 heterocycles. The Morgan fingerprint density at radius 2 is 1.85 bits per heavy atom. The highest BCUT2D eigenvalue weighted by molar-refractivity contribution is 5.91. The summed E-state index contributed by atoms with van der Waals surface area (Å²) in [6.07, 6.45) is 5.17. The number of aromatic nitrogens is 4. The maximum Gasteiger partial charge on any atom is 0.145 e. The lowest BCUT2D eigenvalue weighted by Crippen LogP contribution is -2.04. The van der Waals surface area contributed by atoms with Gasteiger partial charge in [0.05, 0.1) is 23.8 Å². The van der Waals surface area contributed by atoms with Crippen LogP contribution in [0.3, 0.4) is 0 Å². The van der Waals surface area contributed by atoms with Crippen molar-refractivity contribution in [1.29, 1.82) is 0 Å². The highest BCUT2D eigenvalue weighted by atomic mass is 16.5. The standard InChI is InChI=1S/C25H23N5O3/c1-17-13-18(3-8-24(17)33-21-5-4-19-9-10-28-30(19)15-21)29-25-22-14-20(32-12-11-31-2)6-7-23(22)26-16-27-25/h3-10,13-16H,11-12H2,1-2H3,(H,26,27,29). The number of hydrogen-bond acceptors (Lipinski definition) is 7. The van der Waals surface area contributed by atoms with Crippen LogP contribution in [0.15, 0.2) is 73.3 Å². The van der Waals surface area contributed by atoms with Crippen LogP contribution >= 0.6 is 0 Å². The number of nitrogens with one attached hydrogen (secondary N) is 1. The number of rotatable bonds is 8. The molecule has 33 heavy (non-hydrogen) atoms. The summed E-state index contributed by atoms with van der Waals surface area (Å²) in [5, 5.41) is 8.52. The number of fused-ring (bicyclic) bond motifs is 2. The van der Waals surface area contributed by atoms with Gasteiger partial charge in [0.25, 0.3) is 0 Å². The summed E-state index contributed by atoms with van der Waals surface area (Å²) in [5.41, 5.74) is 3.73. The Balaban J connectivity index is 1.36. The molecule has 0 aliphatic heterocycles. The van der Waals surface area contributed by atoms with Crippen molar-refractivity contribution in [3.63, 3.8) is 0 Å². The number of ether oxygens (including phenoxy) is 3. The largest absolute Gasteiger partial charge is 0.491 e. The van der Waals surface area contributed by atoms with Crippen LogP contribution in [0.25, 0.3) is 16.4 Å². The summed E-state index contributed by atoms with van der Waals surface area (Å²) in [4.78, 5) is 8.80. The Bertz CT molecular complexity index is 1420. The van der Waals surface area contributed by atoms with E-state index in [0.717, 1.165) is 44.9 Å². The molecule has 2 aromatic carbocycles. The molecule has 3 aromatic heterocycles.